The predicted molar refractivity (Wildman–Crippen MR) is 156 cm³/mol. The third-order valence-corrected chi connectivity index (χ3v) is 7.34. The molecule has 0 amide bonds. The summed E-state index contributed by atoms with van der Waals surface area (Å²) in [7, 11) is 0. The average Bonchev–Trinajstić information content (AvgIpc) is 3.56. The van der Waals surface area contributed by atoms with E-state index < -0.39 is 0 Å². The highest BCUT2D eigenvalue weighted by atomic mass is 35.5. The van der Waals surface area contributed by atoms with Gasteiger partial charge in [-0.2, -0.15) is 0 Å². The van der Waals surface area contributed by atoms with Crippen LogP contribution in [0.15, 0.2) is 118 Å². The summed E-state index contributed by atoms with van der Waals surface area (Å²) in [6, 6.07) is 35.5. The third-order valence-electron chi connectivity index (χ3n) is 7.03. The minimum Gasteiger partial charge on any atom is -0.456 e. The van der Waals surface area contributed by atoms with Crippen LogP contribution in [0.3, 0.4) is 0 Å². The van der Waals surface area contributed by atoms with Crippen molar-refractivity contribution in [3.05, 3.63) is 114 Å². The van der Waals surface area contributed by atoms with E-state index in [0.717, 1.165) is 55.0 Å². The summed E-state index contributed by atoms with van der Waals surface area (Å²) >= 11 is 6.89. The van der Waals surface area contributed by atoms with Crippen LogP contribution < -0.4 is 0 Å². The van der Waals surface area contributed by atoms with Crippen molar-refractivity contribution in [3.8, 4) is 34.2 Å². The van der Waals surface area contributed by atoms with Gasteiger partial charge in [-0.25, -0.2) is 15.0 Å². The molecule has 3 aromatic heterocycles. The van der Waals surface area contributed by atoms with E-state index in [9.17, 15) is 0 Å². The lowest BCUT2D eigenvalue weighted by Crippen LogP contribution is -2.01. The molecule has 0 aliphatic heterocycles. The van der Waals surface area contributed by atoms with Crippen molar-refractivity contribution in [3.63, 3.8) is 0 Å². The Balaban J connectivity index is 1.48. The van der Waals surface area contributed by atoms with Gasteiger partial charge in [0.25, 0.3) is 0 Å². The molecular formula is C33H18ClN3O2. The average molecular weight is 524 g/mol. The van der Waals surface area contributed by atoms with Gasteiger partial charge in [0.15, 0.2) is 17.5 Å². The number of hydrogen-bond donors (Lipinski definition) is 0. The number of benzene rings is 5. The zero-order valence-electron chi connectivity index (χ0n) is 20.4. The summed E-state index contributed by atoms with van der Waals surface area (Å²) in [6.45, 7) is 0. The van der Waals surface area contributed by atoms with Crippen LogP contribution in [-0.2, 0) is 0 Å². The zero-order valence-corrected chi connectivity index (χ0v) is 21.2. The maximum atomic E-state index is 6.89. The second-order valence-corrected chi connectivity index (χ2v) is 9.75. The first-order valence-corrected chi connectivity index (χ1v) is 12.9. The van der Waals surface area contributed by atoms with Crippen molar-refractivity contribution in [1.82, 2.24) is 15.0 Å². The molecule has 0 aliphatic carbocycles. The van der Waals surface area contributed by atoms with E-state index in [2.05, 4.69) is 6.07 Å². The van der Waals surface area contributed by atoms with Gasteiger partial charge in [-0.1, -0.05) is 90.5 Å². The molecule has 5 nitrogen and oxygen atoms in total. The van der Waals surface area contributed by atoms with Crippen LogP contribution in [0.25, 0.3) is 78.0 Å². The summed E-state index contributed by atoms with van der Waals surface area (Å²) in [4.78, 5) is 15.0. The molecule has 6 heteroatoms. The second-order valence-electron chi connectivity index (χ2n) is 9.34. The molecule has 39 heavy (non-hydrogen) atoms. The number of rotatable bonds is 3. The summed E-state index contributed by atoms with van der Waals surface area (Å²) in [6.07, 6.45) is 0. The fourth-order valence-corrected chi connectivity index (χ4v) is 5.54. The normalized spacial score (nSPS) is 11.7. The molecule has 0 fully saturated rings. The van der Waals surface area contributed by atoms with Crippen molar-refractivity contribution in [2.24, 2.45) is 0 Å². The zero-order chi connectivity index (χ0) is 25.9. The summed E-state index contributed by atoms with van der Waals surface area (Å²) in [5, 5.41) is 4.34. The highest BCUT2D eigenvalue weighted by Crippen LogP contribution is 2.41. The molecular weight excluding hydrogens is 506 g/mol. The van der Waals surface area contributed by atoms with E-state index in [4.69, 9.17) is 35.4 Å². The van der Waals surface area contributed by atoms with Gasteiger partial charge >= 0.3 is 0 Å². The molecule has 3 heterocycles. The molecule has 0 atom stereocenters. The van der Waals surface area contributed by atoms with Crippen LogP contribution in [0.1, 0.15) is 0 Å². The maximum absolute atomic E-state index is 6.89. The van der Waals surface area contributed by atoms with Crippen molar-refractivity contribution < 1.29 is 8.83 Å². The molecule has 0 spiro atoms. The monoisotopic (exact) mass is 523 g/mol. The Bertz CT molecular complexity index is 2200. The molecule has 0 unspecified atom stereocenters. The molecule has 8 rings (SSSR count). The van der Waals surface area contributed by atoms with E-state index in [1.54, 1.807) is 0 Å². The summed E-state index contributed by atoms with van der Waals surface area (Å²) in [5.41, 5.74) is 5.55. The Morgan fingerprint density at radius 3 is 1.82 bits per heavy atom. The van der Waals surface area contributed by atoms with E-state index in [0.29, 0.717) is 28.1 Å². The number of aromatic nitrogens is 3. The van der Waals surface area contributed by atoms with Crippen LogP contribution in [0.2, 0.25) is 5.02 Å². The number of para-hydroxylation sites is 2. The van der Waals surface area contributed by atoms with Crippen molar-refractivity contribution in [2.75, 3.05) is 0 Å². The molecule has 8 aromatic rings. The van der Waals surface area contributed by atoms with Gasteiger partial charge in [0.05, 0.1) is 5.02 Å². The number of furan rings is 2. The first kappa shape index (κ1) is 22.0. The highest BCUT2D eigenvalue weighted by Gasteiger charge is 2.22. The molecule has 0 bridgehead atoms. The minimum absolute atomic E-state index is 0.478. The smallest absolute Gasteiger partial charge is 0.166 e. The first-order chi connectivity index (χ1) is 19.2. The van der Waals surface area contributed by atoms with E-state index in [1.165, 1.54) is 0 Å². The van der Waals surface area contributed by atoms with E-state index in [-0.39, 0.29) is 0 Å². The number of halogens is 1. The Morgan fingerprint density at radius 2 is 1.05 bits per heavy atom. The molecule has 0 N–H and O–H groups in total. The van der Waals surface area contributed by atoms with Gasteiger partial charge < -0.3 is 8.83 Å². The maximum Gasteiger partial charge on any atom is 0.166 e. The van der Waals surface area contributed by atoms with Gasteiger partial charge in [-0.3, -0.25) is 0 Å². The van der Waals surface area contributed by atoms with Crippen molar-refractivity contribution in [2.45, 2.75) is 0 Å². The summed E-state index contributed by atoms with van der Waals surface area (Å²) < 4.78 is 12.3. The van der Waals surface area contributed by atoms with Crippen LogP contribution in [-0.4, -0.2) is 15.0 Å². The SMILES string of the molecule is Clc1ccc2oc3ccccc3c2c1-c1nc(-c2ccccc2)nc(-c2cccc3oc4ccccc4c23)n1. The van der Waals surface area contributed by atoms with Gasteiger partial charge in [0, 0.05) is 38.2 Å². The Kier molecular flexibility index (Phi) is 4.81. The first-order valence-electron chi connectivity index (χ1n) is 12.6. The molecule has 184 valence electrons. The van der Waals surface area contributed by atoms with Gasteiger partial charge in [0.1, 0.15) is 22.3 Å². The van der Waals surface area contributed by atoms with Gasteiger partial charge in [-0.15, -0.1) is 0 Å². The third kappa shape index (κ3) is 3.44. The van der Waals surface area contributed by atoms with E-state index in [1.807, 2.05) is 103 Å². The Hall–Kier alpha value is -5.00. The summed E-state index contributed by atoms with van der Waals surface area (Å²) in [5.74, 6) is 1.57. The fraction of sp³-hybridized carbons (Fsp3) is 0. The Morgan fingerprint density at radius 1 is 0.462 bits per heavy atom. The minimum atomic E-state index is 0.478. The van der Waals surface area contributed by atoms with Gasteiger partial charge in [0.2, 0.25) is 0 Å². The van der Waals surface area contributed by atoms with Gasteiger partial charge in [-0.05, 0) is 30.3 Å². The lowest BCUT2D eigenvalue weighted by atomic mass is 10.0. The molecule has 0 radical (unpaired) electrons. The lowest BCUT2D eigenvalue weighted by molar-refractivity contribution is 0.668. The van der Waals surface area contributed by atoms with E-state index >= 15 is 0 Å². The topological polar surface area (TPSA) is 65.0 Å². The highest BCUT2D eigenvalue weighted by molar-refractivity contribution is 6.35. The number of fused-ring (bicyclic) bond motifs is 6. The van der Waals surface area contributed by atoms with Crippen LogP contribution in [0.4, 0.5) is 0 Å². The standard InChI is InChI=1S/C33H18ClN3O2/c34-23-17-18-27-29(21-12-5-7-15-25(21)39-27)30(23)33-36-31(19-9-2-1-3-10-19)35-32(37-33)22-13-8-16-26-28(22)20-11-4-6-14-24(20)38-26/h1-18H. The van der Waals surface area contributed by atoms with Crippen LogP contribution >= 0.6 is 11.6 Å². The number of hydrogen-bond acceptors (Lipinski definition) is 5. The Labute approximate surface area is 227 Å². The van der Waals surface area contributed by atoms with Crippen molar-refractivity contribution >= 4 is 55.5 Å². The molecule has 0 saturated carbocycles. The number of nitrogens with zero attached hydrogens (tertiary/aromatic N) is 3. The second kappa shape index (κ2) is 8.51. The largest absolute Gasteiger partial charge is 0.456 e. The van der Waals surface area contributed by atoms with Crippen molar-refractivity contribution in [1.29, 1.82) is 0 Å². The molecule has 5 aromatic carbocycles. The fourth-order valence-electron chi connectivity index (χ4n) is 5.30. The quantitative estimate of drug-likeness (QED) is 0.231. The molecule has 0 aliphatic rings. The van der Waals surface area contributed by atoms with Crippen LogP contribution in [0, 0.1) is 0 Å². The lowest BCUT2D eigenvalue weighted by Gasteiger charge is -2.11. The molecule has 0 saturated heterocycles. The predicted octanol–water partition coefficient (Wildman–Crippen LogP) is 9.32. The van der Waals surface area contributed by atoms with Crippen LogP contribution in [0.5, 0.6) is 0 Å².